The Hall–Kier alpha value is -2.98. The lowest BCUT2D eigenvalue weighted by Crippen LogP contribution is -2.43. The standard InChI is InChI=1S/C20H17N3O4S2/c21-12-16(13-22)11-15-5-7-18(8-6-15)27-20(24)17-3-1-9-23(14-17)29(25,26)19-4-2-10-28-19/h2,4-8,10-11,17H,1,3,9,14H2. The Bertz CT molecular complexity index is 1080. The number of esters is 1. The van der Waals surface area contributed by atoms with E-state index >= 15 is 0 Å². The van der Waals surface area contributed by atoms with Crippen LogP contribution in [0.5, 0.6) is 5.75 Å². The fourth-order valence-electron chi connectivity index (χ4n) is 2.98. The summed E-state index contributed by atoms with van der Waals surface area (Å²) in [6.45, 7) is 0.471. The van der Waals surface area contributed by atoms with Gasteiger partial charge in [0.1, 0.15) is 27.7 Å². The summed E-state index contributed by atoms with van der Waals surface area (Å²) in [5.41, 5.74) is 0.609. The summed E-state index contributed by atoms with van der Waals surface area (Å²) in [6, 6.07) is 13.2. The van der Waals surface area contributed by atoms with Gasteiger partial charge in [-0.3, -0.25) is 4.79 Å². The lowest BCUT2D eigenvalue weighted by Gasteiger charge is -2.30. The summed E-state index contributed by atoms with van der Waals surface area (Å²) in [6.07, 6.45) is 2.57. The zero-order valence-corrected chi connectivity index (χ0v) is 16.9. The Morgan fingerprint density at radius 1 is 1.21 bits per heavy atom. The van der Waals surface area contributed by atoms with Crippen molar-refractivity contribution in [2.75, 3.05) is 13.1 Å². The van der Waals surface area contributed by atoms with Crippen LogP contribution in [-0.2, 0) is 14.8 Å². The van der Waals surface area contributed by atoms with E-state index in [1.165, 1.54) is 10.4 Å². The molecule has 0 N–H and O–H groups in total. The zero-order valence-electron chi connectivity index (χ0n) is 15.3. The average molecular weight is 428 g/mol. The number of sulfonamides is 1. The minimum atomic E-state index is -3.60. The monoisotopic (exact) mass is 427 g/mol. The second kappa shape index (κ2) is 9.01. The fourth-order valence-corrected chi connectivity index (χ4v) is 5.65. The molecule has 0 radical (unpaired) electrons. The zero-order chi connectivity index (χ0) is 20.9. The maximum atomic E-state index is 12.7. The first-order chi connectivity index (χ1) is 13.9. The molecule has 9 heteroatoms. The number of hydrogen-bond acceptors (Lipinski definition) is 7. The van der Waals surface area contributed by atoms with E-state index in [1.807, 2.05) is 0 Å². The summed E-state index contributed by atoms with van der Waals surface area (Å²) < 4.78 is 32.4. The molecule has 0 aliphatic carbocycles. The summed E-state index contributed by atoms with van der Waals surface area (Å²) in [5.74, 6) is -0.697. The SMILES string of the molecule is N#CC(C#N)=Cc1ccc(OC(=O)C2CCCN(S(=O)(=O)c3cccs3)C2)cc1. The van der Waals surface area contributed by atoms with Crippen molar-refractivity contribution >= 4 is 33.4 Å². The number of rotatable bonds is 5. The summed E-state index contributed by atoms with van der Waals surface area (Å²) in [5, 5.41) is 19.3. The molecule has 1 fully saturated rings. The average Bonchev–Trinajstić information content (AvgIpc) is 3.29. The number of carbonyl (C=O) groups is 1. The van der Waals surface area contributed by atoms with Crippen LogP contribution in [0.4, 0.5) is 0 Å². The van der Waals surface area contributed by atoms with Crippen LogP contribution in [0, 0.1) is 28.6 Å². The van der Waals surface area contributed by atoms with Crippen LogP contribution in [0.25, 0.3) is 6.08 Å². The van der Waals surface area contributed by atoms with Gasteiger partial charge in [-0.2, -0.15) is 14.8 Å². The van der Waals surface area contributed by atoms with E-state index in [0.717, 1.165) is 11.3 Å². The van der Waals surface area contributed by atoms with Gasteiger partial charge in [0.25, 0.3) is 10.0 Å². The van der Waals surface area contributed by atoms with Crippen molar-refractivity contribution in [2.24, 2.45) is 5.92 Å². The van der Waals surface area contributed by atoms with Gasteiger partial charge in [-0.25, -0.2) is 8.42 Å². The highest BCUT2D eigenvalue weighted by Gasteiger charge is 2.34. The van der Waals surface area contributed by atoms with Crippen molar-refractivity contribution < 1.29 is 17.9 Å². The van der Waals surface area contributed by atoms with Crippen molar-refractivity contribution in [1.82, 2.24) is 4.31 Å². The van der Waals surface area contributed by atoms with Crippen LogP contribution < -0.4 is 4.74 Å². The molecule has 0 saturated carbocycles. The van der Waals surface area contributed by atoms with E-state index in [4.69, 9.17) is 15.3 Å². The molecule has 2 heterocycles. The molecule has 1 aromatic heterocycles. The lowest BCUT2D eigenvalue weighted by atomic mass is 10.00. The number of nitrogens with zero attached hydrogens (tertiary/aromatic N) is 3. The fraction of sp³-hybridized carbons (Fsp3) is 0.250. The van der Waals surface area contributed by atoms with Gasteiger partial charge in [0.05, 0.1) is 5.92 Å². The van der Waals surface area contributed by atoms with Gasteiger partial charge >= 0.3 is 5.97 Å². The second-order valence-electron chi connectivity index (χ2n) is 6.41. The number of allylic oxidation sites excluding steroid dienone is 1. The van der Waals surface area contributed by atoms with Crippen LogP contribution in [0.1, 0.15) is 18.4 Å². The third-order valence-electron chi connectivity index (χ3n) is 4.46. The van der Waals surface area contributed by atoms with Crippen molar-refractivity contribution in [3.8, 4) is 17.9 Å². The van der Waals surface area contributed by atoms with E-state index < -0.39 is 21.9 Å². The van der Waals surface area contributed by atoms with Crippen LogP contribution >= 0.6 is 11.3 Å². The Labute approximate surface area is 173 Å². The van der Waals surface area contributed by atoms with Gasteiger partial charge in [0, 0.05) is 13.1 Å². The van der Waals surface area contributed by atoms with Gasteiger partial charge in [-0.1, -0.05) is 18.2 Å². The van der Waals surface area contributed by atoms with Gasteiger partial charge < -0.3 is 4.74 Å². The minimum absolute atomic E-state index is 0.0241. The molecule has 0 bridgehead atoms. The summed E-state index contributed by atoms with van der Waals surface area (Å²) in [7, 11) is -3.60. The number of hydrogen-bond donors (Lipinski definition) is 0. The lowest BCUT2D eigenvalue weighted by molar-refractivity contribution is -0.140. The molecule has 1 atom stereocenters. The first-order valence-corrected chi connectivity index (χ1v) is 11.1. The Morgan fingerprint density at radius 3 is 2.55 bits per heavy atom. The van der Waals surface area contributed by atoms with E-state index in [-0.39, 0.29) is 16.3 Å². The third-order valence-corrected chi connectivity index (χ3v) is 7.70. The van der Waals surface area contributed by atoms with E-state index in [9.17, 15) is 13.2 Å². The van der Waals surface area contributed by atoms with Crippen LogP contribution in [0.2, 0.25) is 0 Å². The van der Waals surface area contributed by atoms with E-state index in [2.05, 4.69) is 0 Å². The number of nitriles is 2. The van der Waals surface area contributed by atoms with Gasteiger partial charge in [-0.15, -0.1) is 11.3 Å². The molecule has 1 unspecified atom stereocenters. The molecule has 148 valence electrons. The summed E-state index contributed by atoms with van der Waals surface area (Å²) in [4.78, 5) is 12.5. The van der Waals surface area contributed by atoms with Gasteiger partial charge in [0.15, 0.2) is 0 Å². The Balaban J connectivity index is 1.66. The van der Waals surface area contributed by atoms with Crippen LogP contribution in [0.15, 0.2) is 51.6 Å². The molecule has 0 amide bonds. The maximum Gasteiger partial charge on any atom is 0.315 e. The maximum absolute atomic E-state index is 12.7. The molecule has 1 aromatic carbocycles. The predicted molar refractivity (Wildman–Crippen MR) is 107 cm³/mol. The highest BCUT2D eigenvalue weighted by atomic mass is 32.2. The van der Waals surface area contributed by atoms with Gasteiger partial charge in [-0.05, 0) is 48.1 Å². The molecule has 1 saturated heterocycles. The molecule has 3 rings (SSSR count). The molecule has 29 heavy (non-hydrogen) atoms. The van der Waals surface area contributed by atoms with Crippen molar-refractivity contribution in [1.29, 1.82) is 10.5 Å². The molecular weight excluding hydrogens is 410 g/mol. The number of thiophene rings is 1. The highest BCUT2D eigenvalue weighted by molar-refractivity contribution is 7.91. The first kappa shape index (κ1) is 20.7. The molecule has 0 spiro atoms. The Morgan fingerprint density at radius 2 is 1.93 bits per heavy atom. The molecular formula is C20H17N3O4S2. The number of carbonyl (C=O) groups excluding carboxylic acids is 1. The highest BCUT2D eigenvalue weighted by Crippen LogP contribution is 2.27. The first-order valence-electron chi connectivity index (χ1n) is 8.81. The third kappa shape index (κ3) is 4.90. The quantitative estimate of drug-likeness (QED) is 0.412. The number of piperidine rings is 1. The predicted octanol–water partition coefficient (Wildman–Crippen LogP) is 3.18. The number of benzene rings is 1. The molecule has 7 nitrogen and oxygen atoms in total. The summed E-state index contributed by atoms with van der Waals surface area (Å²) >= 11 is 1.15. The van der Waals surface area contributed by atoms with Gasteiger partial charge in [0.2, 0.25) is 0 Å². The van der Waals surface area contributed by atoms with Crippen molar-refractivity contribution in [3.05, 3.63) is 52.9 Å². The van der Waals surface area contributed by atoms with E-state index in [1.54, 1.807) is 53.9 Å². The second-order valence-corrected chi connectivity index (χ2v) is 9.52. The number of ether oxygens (including phenoxy) is 1. The Kier molecular flexibility index (Phi) is 6.45. The normalized spacial score (nSPS) is 17.0. The van der Waals surface area contributed by atoms with Crippen LogP contribution in [0.3, 0.4) is 0 Å². The van der Waals surface area contributed by atoms with Crippen molar-refractivity contribution in [3.63, 3.8) is 0 Å². The smallest absolute Gasteiger partial charge is 0.315 e. The molecule has 2 aromatic rings. The van der Waals surface area contributed by atoms with Crippen molar-refractivity contribution in [2.45, 2.75) is 17.1 Å². The van der Waals surface area contributed by atoms with Crippen LogP contribution in [-0.4, -0.2) is 31.8 Å². The molecule has 1 aliphatic heterocycles. The minimum Gasteiger partial charge on any atom is -0.426 e. The molecule has 1 aliphatic rings. The largest absolute Gasteiger partial charge is 0.426 e. The van der Waals surface area contributed by atoms with E-state index in [0.29, 0.717) is 30.7 Å². The topological polar surface area (TPSA) is 111 Å².